The molecule has 0 bridgehead atoms. The second-order valence-electron chi connectivity index (χ2n) is 6.27. The first kappa shape index (κ1) is 17.6. The number of aromatic nitrogens is 1. The minimum Gasteiger partial charge on any atom is -0.316 e. The number of thiazole rings is 1. The van der Waals surface area contributed by atoms with Gasteiger partial charge in [-0.15, -0.1) is 11.3 Å². The molecule has 1 atom stereocenters. The van der Waals surface area contributed by atoms with Gasteiger partial charge in [-0.1, -0.05) is 27.2 Å². The van der Waals surface area contributed by atoms with Crippen molar-refractivity contribution in [2.45, 2.75) is 53.5 Å². The van der Waals surface area contributed by atoms with Crippen molar-refractivity contribution in [3.05, 3.63) is 16.1 Å². The fraction of sp³-hybridized carbons (Fsp3) is 0.812. The van der Waals surface area contributed by atoms with Gasteiger partial charge in [0.2, 0.25) is 0 Å². The summed E-state index contributed by atoms with van der Waals surface area (Å²) in [6.07, 6.45) is 3.73. The van der Waals surface area contributed by atoms with Gasteiger partial charge in [0.15, 0.2) is 0 Å². The average Bonchev–Trinajstić information content (AvgIpc) is 2.75. The fourth-order valence-electron chi connectivity index (χ4n) is 2.82. The van der Waals surface area contributed by atoms with Crippen LogP contribution in [0.3, 0.4) is 0 Å². The van der Waals surface area contributed by atoms with Crippen molar-refractivity contribution in [2.75, 3.05) is 26.7 Å². The molecule has 0 radical (unpaired) electrons. The highest BCUT2D eigenvalue weighted by Gasteiger charge is 2.25. The molecule has 0 saturated heterocycles. The van der Waals surface area contributed by atoms with Crippen molar-refractivity contribution in [1.82, 2.24) is 15.2 Å². The van der Waals surface area contributed by atoms with Gasteiger partial charge in [0, 0.05) is 24.5 Å². The molecular formula is C16H31N3S. The number of nitrogens with one attached hydrogen (secondary N) is 1. The first-order chi connectivity index (χ1) is 9.50. The Morgan fingerprint density at radius 3 is 2.65 bits per heavy atom. The lowest BCUT2D eigenvalue weighted by Gasteiger charge is -2.34. The molecule has 116 valence electrons. The Kier molecular flexibility index (Phi) is 7.70. The van der Waals surface area contributed by atoms with Crippen LogP contribution >= 0.6 is 11.3 Å². The van der Waals surface area contributed by atoms with Gasteiger partial charge in [0.05, 0.1) is 11.2 Å². The van der Waals surface area contributed by atoms with Crippen LogP contribution in [0.25, 0.3) is 0 Å². The third-order valence-electron chi connectivity index (χ3n) is 3.74. The van der Waals surface area contributed by atoms with E-state index in [0.717, 1.165) is 26.2 Å². The van der Waals surface area contributed by atoms with Crippen molar-refractivity contribution >= 4 is 11.3 Å². The van der Waals surface area contributed by atoms with Crippen molar-refractivity contribution in [2.24, 2.45) is 5.41 Å². The maximum atomic E-state index is 4.34. The van der Waals surface area contributed by atoms with E-state index in [1.54, 1.807) is 11.3 Å². The summed E-state index contributed by atoms with van der Waals surface area (Å²) in [4.78, 5) is 8.19. The molecule has 0 saturated carbocycles. The molecule has 1 aromatic rings. The van der Waals surface area contributed by atoms with Crippen molar-refractivity contribution in [3.8, 4) is 0 Å². The van der Waals surface area contributed by atoms with Crippen LogP contribution in [0.5, 0.6) is 0 Å². The fourth-order valence-corrected chi connectivity index (χ4v) is 3.68. The molecule has 0 aliphatic heterocycles. The molecule has 20 heavy (non-hydrogen) atoms. The van der Waals surface area contributed by atoms with Gasteiger partial charge in [0.1, 0.15) is 0 Å². The van der Waals surface area contributed by atoms with Crippen molar-refractivity contribution in [3.63, 3.8) is 0 Å². The summed E-state index contributed by atoms with van der Waals surface area (Å²) in [5, 5.41) is 3.60. The summed E-state index contributed by atoms with van der Waals surface area (Å²) < 4.78 is 0. The van der Waals surface area contributed by atoms with E-state index in [1.807, 2.05) is 5.51 Å². The van der Waals surface area contributed by atoms with E-state index >= 15 is 0 Å². The van der Waals surface area contributed by atoms with Crippen molar-refractivity contribution < 1.29 is 0 Å². The minimum atomic E-state index is 0.358. The number of hydrogen-bond donors (Lipinski definition) is 1. The Morgan fingerprint density at radius 2 is 2.10 bits per heavy atom. The predicted octanol–water partition coefficient (Wildman–Crippen LogP) is 3.69. The Balaban J connectivity index is 2.53. The van der Waals surface area contributed by atoms with Crippen molar-refractivity contribution in [1.29, 1.82) is 0 Å². The first-order valence-electron chi connectivity index (χ1n) is 7.79. The van der Waals surface area contributed by atoms with E-state index in [2.05, 4.69) is 49.9 Å². The molecule has 0 aliphatic carbocycles. The molecule has 0 aromatic carbocycles. The molecule has 1 N–H and O–H groups in total. The smallest absolute Gasteiger partial charge is 0.0798 e. The lowest BCUT2D eigenvalue weighted by molar-refractivity contribution is 0.169. The third-order valence-corrected chi connectivity index (χ3v) is 4.66. The quantitative estimate of drug-likeness (QED) is 0.668. The zero-order valence-electron chi connectivity index (χ0n) is 13.8. The second-order valence-corrected chi connectivity index (χ2v) is 7.21. The molecule has 1 unspecified atom stereocenters. The van der Waals surface area contributed by atoms with Crippen LogP contribution in [-0.4, -0.2) is 36.6 Å². The molecule has 1 heterocycles. The largest absolute Gasteiger partial charge is 0.316 e. The SMILES string of the molecule is CCCNCC(C)(CCC)CN(C)Cc1scnc1C. The van der Waals surface area contributed by atoms with Crippen LogP contribution in [-0.2, 0) is 6.54 Å². The summed E-state index contributed by atoms with van der Waals surface area (Å²) in [5.74, 6) is 0. The molecule has 1 rings (SSSR count). The molecule has 0 amide bonds. The average molecular weight is 298 g/mol. The number of rotatable bonds is 10. The van der Waals surface area contributed by atoms with Gasteiger partial charge in [-0.25, -0.2) is 4.98 Å². The number of nitrogens with zero attached hydrogens (tertiary/aromatic N) is 2. The van der Waals surface area contributed by atoms with Gasteiger partial charge in [-0.05, 0) is 38.8 Å². The maximum Gasteiger partial charge on any atom is 0.0798 e. The van der Waals surface area contributed by atoms with Crippen LogP contribution in [0.2, 0.25) is 0 Å². The molecular weight excluding hydrogens is 266 g/mol. The third kappa shape index (κ3) is 5.90. The Bertz CT molecular complexity index is 378. The standard InChI is InChI=1S/C16H31N3S/c1-6-8-16(4,11-17-9-7-2)12-19(5)10-15-14(3)18-13-20-15/h13,17H,6-12H2,1-5H3. The monoisotopic (exact) mass is 297 g/mol. The van der Waals surface area contributed by atoms with Crippen LogP contribution in [0.4, 0.5) is 0 Å². The van der Waals surface area contributed by atoms with E-state index in [-0.39, 0.29) is 0 Å². The number of hydrogen-bond acceptors (Lipinski definition) is 4. The molecule has 0 aliphatic rings. The summed E-state index contributed by atoms with van der Waals surface area (Å²) in [7, 11) is 2.23. The molecule has 3 nitrogen and oxygen atoms in total. The molecule has 0 fully saturated rings. The van der Waals surface area contributed by atoms with E-state index in [0.29, 0.717) is 5.41 Å². The van der Waals surface area contributed by atoms with E-state index in [4.69, 9.17) is 0 Å². The van der Waals surface area contributed by atoms with Crippen LogP contribution in [0, 0.1) is 12.3 Å². The van der Waals surface area contributed by atoms with Crippen LogP contribution < -0.4 is 5.32 Å². The topological polar surface area (TPSA) is 28.2 Å². The summed E-state index contributed by atoms with van der Waals surface area (Å²) in [5.41, 5.74) is 3.49. The Hall–Kier alpha value is -0.450. The Labute approximate surface area is 128 Å². The van der Waals surface area contributed by atoms with E-state index in [1.165, 1.54) is 29.8 Å². The highest BCUT2D eigenvalue weighted by Crippen LogP contribution is 2.25. The number of aryl methyl sites for hydroxylation is 1. The summed E-state index contributed by atoms with van der Waals surface area (Å²) in [6.45, 7) is 13.4. The van der Waals surface area contributed by atoms with Gasteiger partial charge in [-0.3, -0.25) is 0 Å². The normalized spacial score (nSPS) is 14.7. The zero-order chi connectivity index (χ0) is 15.0. The Morgan fingerprint density at radius 1 is 1.35 bits per heavy atom. The van der Waals surface area contributed by atoms with Gasteiger partial charge in [0.25, 0.3) is 0 Å². The summed E-state index contributed by atoms with van der Waals surface area (Å²) >= 11 is 1.77. The molecule has 4 heteroatoms. The zero-order valence-corrected chi connectivity index (χ0v) is 14.6. The maximum absolute atomic E-state index is 4.34. The molecule has 1 aromatic heterocycles. The van der Waals surface area contributed by atoms with Crippen LogP contribution in [0.15, 0.2) is 5.51 Å². The lowest BCUT2D eigenvalue weighted by atomic mass is 9.85. The lowest BCUT2D eigenvalue weighted by Crippen LogP contribution is -2.41. The highest BCUT2D eigenvalue weighted by molar-refractivity contribution is 7.09. The minimum absolute atomic E-state index is 0.358. The predicted molar refractivity (Wildman–Crippen MR) is 89.4 cm³/mol. The van der Waals surface area contributed by atoms with E-state index < -0.39 is 0 Å². The van der Waals surface area contributed by atoms with E-state index in [9.17, 15) is 0 Å². The molecule has 0 spiro atoms. The second kappa shape index (κ2) is 8.75. The summed E-state index contributed by atoms with van der Waals surface area (Å²) in [6, 6.07) is 0. The first-order valence-corrected chi connectivity index (χ1v) is 8.67. The highest BCUT2D eigenvalue weighted by atomic mass is 32.1. The van der Waals surface area contributed by atoms with Gasteiger partial charge < -0.3 is 10.2 Å². The van der Waals surface area contributed by atoms with Gasteiger partial charge in [-0.2, -0.15) is 0 Å². The van der Waals surface area contributed by atoms with Gasteiger partial charge >= 0.3 is 0 Å². The van der Waals surface area contributed by atoms with Crippen LogP contribution in [0.1, 0.15) is 50.6 Å².